The van der Waals surface area contributed by atoms with E-state index in [1.807, 2.05) is 11.0 Å². The van der Waals surface area contributed by atoms with Gasteiger partial charge in [0.05, 0.1) is 11.9 Å². The quantitative estimate of drug-likeness (QED) is 0.812. The second-order valence-corrected chi connectivity index (χ2v) is 9.92. The number of aromatic nitrogens is 1. The van der Waals surface area contributed by atoms with Crippen molar-refractivity contribution >= 4 is 33.0 Å². The van der Waals surface area contributed by atoms with E-state index in [0.717, 1.165) is 44.2 Å². The van der Waals surface area contributed by atoms with Crippen molar-refractivity contribution in [1.82, 2.24) is 9.88 Å². The van der Waals surface area contributed by atoms with Crippen molar-refractivity contribution in [3.63, 3.8) is 0 Å². The smallest absolute Gasteiger partial charge is 0.277 e. The zero-order chi connectivity index (χ0) is 19.7. The molecule has 0 saturated carbocycles. The van der Waals surface area contributed by atoms with E-state index >= 15 is 0 Å². The van der Waals surface area contributed by atoms with Gasteiger partial charge in [-0.15, -0.1) is 11.3 Å². The van der Waals surface area contributed by atoms with Gasteiger partial charge >= 0.3 is 0 Å². The van der Waals surface area contributed by atoms with E-state index in [1.165, 1.54) is 17.8 Å². The number of allylic oxidation sites excluding steroid dienone is 2. The predicted molar refractivity (Wildman–Crippen MR) is 112 cm³/mol. The summed E-state index contributed by atoms with van der Waals surface area (Å²) in [6.45, 7) is 0.736. The van der Waals surface area contributed by atoms with Gasteiger partial charge in [-0.3, -0.25) is 9.52 Å². The Hall–Kier alpha value is -2.19. The van der Waals surface area contributed by atoms with Crippen LogP contribution in [0.5, 0.6) is 0 Å². The van der Waals surface area contributed by atoms with E-state index in [0.29, 0.717) is 27.9 Å². The summed E-state index contributed by atoms with van der Waals surface area (Å²) in [5.41, 5.74) is 2.72. The Morgan fingerprint density at radius 1 is 1.25 bits per heavy atom. The van der Waals surface area contributed by atoms with Crippen LogP contribution in [0.25, 0.3) is 10.6 Å². The first-order valence-electron chi connectivity index (χ1n) is 9.47. The highest BCUT2D eigenvalue weighted by Crippen LogP contribution is 2.36. The number of hydrogen-bond donors (Lipinski definition) is 1. The molecular weight excluding hydrogens is 394 g/mol. The first-order chi connectivity index (χ1) is 13.4. The van der Waals surface area contributed by atoms with E-state index in [2.05, 4.69) is 15.8 Å². The van der Waals surface area contributed by atoms with Crippen LogP contribution < -0.4 is 4.72 Å². The van der Waals surface area contributed by atoms with E-state index in [9.17, 15) is 13.2 Å². The van der Waals surface area contributed by atoms with E-state index in [1.54, 1.807) is 23.6 Å². The first-order valence-corrected chi connectivity index (χ1v) is 12.2. The van der Waals surface area contributed by atoms with Crippen molar-refractivity contribution in [3.05, 3.63) is 47.1 Å². The van der Waals surface area contributed by atoms with Gasteiger partial charge in [0.2, 0.25) is 10.0 Å². The van der Waals surface area contributed by atoms with Crippen LogP contribution in [0.1, 0.15) is 42.6 Å². The normalized spacial score (nSPS) is 19.7. The lowest BCUT2D eigenvalue weighted by Gasteiger charge is -2.37. The third-order valence-corrected chi connectivity index (χ3v) is 6.66. The highest BCUT2D eigenvalue weighted by atomic mass is 32.2. The summed E-state index contributed by atoms with van der Waals surface area (Å²) in [6, 6.07) is 7.09. The number of benzene rings is 1. The van der Waals surface area contributed by atoms with Crippen LogP contribution in [0.15, 0.2) is 41.4 Å². The number of nitrogens with zero attached hydrogens (tertiary/aromatic N) is 2. The molecule has 2 aromatic rings. The molecule has 1 unspecified atom stereocenters. The molecule has 0 bridgehead atoms. The van der Waals surface area contributed by atoms with E-state index < -0.39 is 10.0 Å². The molecule has 6 nitrogen and oxygen atoms in total. The number of nitrogens with one attached hydrogen (secondary N) is 1. The molecule has 1 saturated heterocycles. The number of amides is 1. The second-order valence-electron chi connectivity index (χ2n) is 7.31. The molecule has 1 atom stereocenters. The highest BCUT2D eigenvalue weighted by Gasteiger charge is 2.31. The average molecular weight is 418 g/mol. The fourth-order valence-electron chi connectivity index (χ4n) is 3.99. The number of para-hydroxylation sites is 1. The predicted octanol–water partition coefficient (Wildman–Crippen LogP) is 4.10. The van der Waals surface area contributed by atoms with Gasteiger partial charge < -0.3 is 4.90 Å². The molecule has 4 rings (SSSR count). The zero-order valence-electron chi connectivity index (χ0n) is 15.7. The van der Waals surface area contributed by atoms with E-state index in [-0.39, 0.29) is 5.91 Å². The molecule has 28 heavy (non-hydrogen) atoms. The number of fused-ring (bicyclic) bond motifs is 1. The Morgan fingerprint density at radius 3 is 2.86 bits per heavy atom. The fraction of sp³-hybridized carbons (Fsp3) is 0.400. The minimum absolute atomic E-state index is 0.0612. The monoisotopic (exact) mass is 417 g/mol. The number of thiazole rings is 1. The number of carbonyl (C=O) groups excluding carboxylic acids is 1. The Kier molecular flexibility index (Phi) is 5.25. The number of carbonyl (C=O) groups is 1. The number of rotatable bonds is 4. The van der Waals surface area contributed by atoms with Crippen LogP contribution in [0.2, 0.25) is 0 Å². The summed E-state index contributed by atoms with van der Waals surface area (Å²) >= 11 is 1.35. The Balaban J connectivity index is 1.62. The number of likely N-dealkylation sites (tertiary alicyclic amines) is 1. The molecule has 1 aromatic carbocycles. The van der Waals surface area contributed by atoms with Crippen LogP contribution >= 0.6 is 11.3 Å². The summed E-state index contributed by atoms with van der Waals surface area (Å²) in [5, 5.41) is 2.39. The van der Waals surface area contributed by atoms with Gasteiger partial charge in [0.1, 0.15) is 10.7 Å². The lowest BCUT2D eigenvalue weighted by Crippen LogP contribution is -2.39. The molecule has 2 aliphatic rings. The molecular formula is C20H23N3O3S2. The fourth-order valence-corrected chi connectivity index (χ4v) is 5.40. The third kappa shape index (κ3) is 3.98. The zero-order valence-corrected chi connectivity index (χ0v) is 17.4. The summed E-state index contributed by atoms with van der Waals surface area (Å²) in [4.78, 5) is 19.6. The van der Waals surface area contributed by atoms with Crippen LogP contribution in [-0.2, 0) is 10.0 Å². The van der Waals surface area contributed by atoms with Crippen molar-refractivity contribution in [1.29, 1.82) is 0 Å². The summed E-state index contributed by atoms with van der Waals surface area (Å²) in [7, 11) is -3.40. The van der Waals surface area contributed by atoms with E-state index in [4.69, 9.17) is 0 Å². The maximum atomic E-state index is 13.1. The standard InChI is InChI=1S/C20H23N3O3S2/c1-28(25,26)22-16-10-4-3-9-15(16)19-21-17(13-27-19)20(24)23-12-6-8-14-7-2-5-11-18(14)23/h3-4,9-11,13-14,22H,2,5-8,12H2,1H3. The molecule has 2 heterocycles. The number of piperidine rings is 1. The molecule has 1 amide bonds. The van der Waals surface area contributed by atoms with Crippen LogP contribution in [0.4, 0.5) is 5.69 Å². The van der Waals surface area contributed by atoms with Crippen molar-refractivity contribution in [2.24, 2.45) is 5.92 Å². The molecule has 1 aliphatic heterocycles. The molecule has 8 heteroatoms. The average Bonchev–Trinajstić information content (AvgIpc) is 3.16. The lowest BCUT2D eigenvalue weighted by atomic mass is 9.85. The van der Waals surface area contributed by atoms with Crippen molar-refractivity contribution in [2.75, 3.05) is 17.5 Å². The Morgan fingerprint density at radius 2 is 2.04 bits per heavy atom. The number of hydrogen-bond acceptors (Lipinski definition) is 5. The van der Waals surface area contributed by atoms with Crippen LogP contribution in [0.3, 0.4) is 0 Å². The maximum Gasteiger partial charge on any atom is 0.277 e. The minimum Gasteiger partial charge on any atom is -0.311 e. The molecule has 148 valence electrons. The molecule has 0 spiro atoms. The van der Waals surface area contributed by atoms with Gasteiger partial charge in [0, 0.05) is 23.2 Å². The molecule has 1 fully saturated rings. The largest absolute Gasteiger partial charge is 0.311 e. The van der Waals surface area contributed by atoms with Crippen LogP contribution in [-0.4, -0.2) is 37.0 Å². The molecule has 1 aliphatic carbocycles. The van der Waals surface area contributed by atoms with Gasteiger partial charge in [0.15, 0.2) is 0 Å². The van der Waals surface area contributed by atoms with Gasteiger partial charge in [-0.25, -0.2) is 13.4 Å². The van der Waals surface area contributed by atoms with Gasteiger partial charge in [-0.05, 0) is 50.2 Å². The number of anilines is 1. The van der Waals surface area contributed by atoms with Crippen molar-refractivity contribution in [3.8, 4) is 10.6 Å². The SMILES string of the molecule is CS(=O)(=O)Nc1ccccc1-c1nc(C(=O)N2CCCC3CCCC=C32)cs1. The van der Waals surface area contributed by atoms with Gasteiger partial charge in [-0.2, -0.15) is 0 Å². The first kappa shape index (κ1) is 19.1. The summed E-state index contributed by atoms with van der Waals surface area (Å²) in [5.74, 6) is 0.429. The molecule has 1 N–H and O–H groups in total. The maximum absolute atomic E-state index is 13.1. The molecule has 1 aromatic heterocycles. The second kappa shape index (κ2) is 7.67. The highest BCUT2D eigenvalue weighted by molar-refractivity contribution is 7.92. The topological polar surface area (TPSA) is 79.4 Å². The third-order valence-electron chi connectivity index (χ3n) is 5.20. The van der Waals surface area contributed by atoms with Gasteiger partial charge in [-0.1, -0.05) is 18.2 Å². The Bertz CT molecular complexity index is 1030. The molecule has 0 radical (unpaired) electrons. The van der Waals surface area contributed by atoms with Crippen molar-refractivity contribution in [2.45, 2.75) is 32.1 Å². The van der Waals surface area contributed by atoms with Crippen LogP contribution in [0, 0.1) is 5.92 Å². The van der Waals surface area contributed by atoms with Gasteiger partial charge in [0.25, 0.3) is 5.91 Å². The lowest BCUT2D eigenvalue weighted by molar-refractivity contribution is 0.0744. The van der Waals surface area contributed by atoms with Crippen molar-refractivity contribution < 1.29 is 13.2 Å². The minimum atomic E-state index is -3.40. The summed E-state index contributed by atoms with van der Waals surface area (Å²) < 4.78 is 25.8. The number of sulfonamides is 1. The Labute approximate surface area is 169 Å². The summed E-state index contributed by atoms with van der Waals surface area (Å²) in [6.07, 6.45) is 8.88.